The summed E-state index contributed by atoms with van der Waals surface area (Å²) in [6, 6.07) is 12.8. The second-order valence-corrected chi connectivity index (χ2v) is 6.55. The van der Waals surface area contributed by atoms with E-state index in [-0.39, 0.29) is 0 Å². The lowest BCUT2D eigenvalue weighted by molar-refractivity contribution is 0.638. The smallest absolute Gasteiger partial charge is 0.161 e. The highest BCUT2D eigenvalue weighted by atomic mass is 15.2. The quantitative estimate of drug-likeness (QED) is 0.744. The van der Waals surface area contributed by atoms with E-state index in [1.54, 1.807) is 0 Å². The first kappa shape index (κ1) is 13.7. The highest BCUT2D eigenvalue weighted by molar-refractivity contribution is 5.57. The van der Waals surface area contributed by atoms with Gasteiger partial charge in [0, 0.05) is 36.5 Å². The van der Waals surface area contributed by atoms with E-state index in [1.165, 1.54) is 24.2 Å². The molecule has 1 aromatic carbocycles. The Balaban J connectivity index is 1.43. The Morgan fingerprint density at radius 3 is 2.71 bits per heavy atom. The van der Waals surface area contributed by atoms with Crippen LogP contribution in [0.4, 0.5) is 5.82 Å². The molecule has 1 aliphatic heterocycles. The molecule has 1 saturated carbocycles. The molecule has 5 rings (SSSR count). The standard InChI is InChI=1S/C19H19N5/c1-2-4-14(5-3-1)19-20-10-8-18(22-19)23-11-9-17-16(12-23)21-13-24(17)15-6-7-15/h1-5,8,10,13,15H,6-7,9,11-12H2. The van der Waals surface area contributed by atoms with Crippen LogP contribution in [0.15, 0.2) is 48.9 Å². The molecule has 0 amide bonds. The van der Waals surface area contributed by atoms with Crippen LogP contribution in [0.5, 0.6) is 0 Å². The minimum atomic E-state index is 0.705. The van der Waals surface area contributed by atoms with Crippen molar-refractivity contribution in [1.82, 2.24) is 19.5 Å². The van der Waals surface area contributed by atoms with Crippen molar-refractivity contribution in [2.45, 2.75) is 31.8 Å². The molecular weight excluding hydrogens is 298 g/mol. The third kappa shape index (κ3) is 2.37. The molecule has 0 N–H and O–H groups in total. The van der Waals surface area contributed by atoms with Gasteiger partial charge in [-0.2, -0.15) is 0 Å². The molecule has 5 nitrogen and oxygen atoms in total. The second-order valence-electron chi connectivity index (χ2n) is 6.55. The molecule has 0 radical (unpaired) electrons. The normalized spacial score (nSPS) is 16.9. The van der Waals surface area contributed by atoms with Gasteiger partial charge in [-0.25, -0.2) is 15.0 Å². The predicted octanol–water partition coefficient (Wildman–Crippen LogP) is 3.24. The van der Waals surface area contributed by atoms with Gasteiger partial charge in [-0.15, -0.1) is 0 Å². The molecule has 120 valence electrons. The van der Waals surface area contributed by atoms with Gasteiger partial charge >= 0.3 is 0 Å². The Morgan fingerprint density at radius 1 is 1.00 bits per heavy atom. The van der Waals surface area contributed by atoms with E-state index in [0.717, 1.165) is 36.7 Å². The van der Waals surface area contributed by atoms with Crippen LogP contribution in [0, 0.1) is 0 Å². The fourth-order valence-electron chi connectivity index (χ4n) is 3.45. The van der Waals surface area contributed by atoms with Crippen molar-refractivity contribution in [3.63, 3.8) is 0 Å². The molecular formula is C19H19N5. The Kier molecular flexibility index (Phi) is 3.11. The van der Waals surface area contributed by atoms with Gasteiger partial charge in [-0.1, -0.05) is 30.3 Å². The Labute approximate surface area is 141 Å². The van der Waals surface area contributed by atoms with Crippen molar-refractivity contribution >= 4 is 5.82 Å². The monoisotopic (exact) mass is 317 g/mol. The largest absolute Gasteiger partial charge is 0.350 e. The first-order chi connectivity index (χ1) is 11.9. The van der Waals surface area contributed by atoms with Crippen LogP contribution >= 0.6 is 0 Å². The average molecular weight is 317 g/mol. The number of imidazole rings is 1. The van der Waals surface area contributed by atoms with E-state index in [4.69, 9.17) is 4.98 Å². The van der Waals surface area contributed by atoms with Crippen LogP contribution in [0.3, 0.4) is 0 Å². The SMILES string of the molecule is c1ccc(-c2nccc(N3CCc4c(ncn4C4CC4)C3)n2)cc1. The summed E-state index contributed by atoms with van der Waals surface area (Å²) in [6.07, 6.45) is 7.53. The van der Waals surface area contributed by atoms with Crippen molar-refractivity contribution in [3.05, 3.63) is 60.3 Å². The molecule has 0 unspecified atom stereocenters. The van der Waals surface area contributed by atoms with Crippen molar-refractivity contribution in [2.75, 3.05) is 11.4 Å². The van der Waals surface area contributed by atoms with Crippen molar-refractivity contribution in [2.24, 2.45) is 0 Å². The number of fused-ring (bicyclic) bond motifs is 1. The molecule has 24 heavy (non-hydrogen) atoms. The maximum Gasteiger partial charge on any atom is 0.161 e. The summed E-state index contributed by atoms with van der Waals surface area (Å²) in [4.78, 5) is 16.2. The molecule has 2 aromatic heterocycles. The van der Waals surface area contributed by atoms with Gasteiger partial charge < -0.3 is 9.47 Å². The van der Waals surface area contributed by atoms with E-state index < -0.39 is 0 Å². The van der Waals surface area contributed by atoms with Gasteiger partial charge in [0.2, 0.25) is 0 Å². The lowest BCUT2D eigenvalue weighted by Crippen LogP contribution is -2.32. The minimum Gasteiger partial charge on any atom is -0.350 e. The summed E-state index contributed by atoms with van der Waals surface area (Å²) in [5, 5.41) is 0. The topological polar surface area (TPSA) is 46.8 Å². The third-order valence-electron chi connectivity index (χ3n) is 4.88. The summed E-state index contributed by atoms with van der Waals surface area (Å²) >= 11 is 0. The van der Waals surface area contributed by atoms with E-state index in [1.807, 2.05) is 48.9 Å². The summed E-state index contributed by atoms with van der Waals surface area (Å²) in [5.41, 5.74) is 3.68. The average Bonchev–Trinajstić information content (AvgIpc) is 3.41. The fraction of sp³-hybridized carbons (Fsp3) is 0.316. The molecule has 1 aliphatic carbocycles. The number of nitrogens with zero attached hydrogens (tertiary/aromatic N) is 5. The molecule has 0 saturated heterocycles. The molecule has 1 fully saturated rings. The second kappa shape index (κ2) is 5.44. The number of aromatic nitrogens is 4. The highest BCUT2D eigenvalue weighted by Gasteiger charge is 2.29. The Bertz CT molecular complexity index is 866. The molecule has 3 heterocycles. The molecule has 5 heteroatoms. The van der Waals surface area contributed by atoms with E-state index in [9.17, 15) is 0 Å². The van der Waals surface area contributed by atoms with Crippen molar-refractivity contribution < 1.29 is 0 Å². The third-order valence-corrected chi connectivity index (χ3v) is 4.88. The summed E-state index contributed by atoms with van der Waals surface area (Å²) in [6.45, 7) is 1.82. The zero-order chi connectivity index (χ0) is 15.9. The Hall–Kier alpha value is -2.69. The highest BCUT2D eigenvalue weighted by Crippen LogP contribution is 2.37. The molecule has 0 bridgehead atoms. The number of hydrogen-bond donors (Lipinski definition) is 0. The zero-order valence-electron chi connectivity index (χ0n) is 13.5. The van der Waals surface area contributed by atoms with Crippen LogP contribution in [0.2, 0.25) is 0 Å². The number of rotatable bonds is 3. The van der Waals surface area contributed by atoms with Gasteiger partial charge in [-0.05, 0) is 18.9 Å². The number of hydrogen-bond acceptors (Lipinski definition) is 4. The maximum atomic E-state index is 4.77. The van der Waals surface area contributed by atoms with Crippen LogP contribution < -0.4 is 4.90 Å². The molecule has 3 aromatic rings. The van der Waals surface area contributed by atoms with E-state index in [2.05, 4.69) is 19.4 Å². The Morgan fingerprint density at radius 2 is 1.88 bits per heavy atom. The van der Waals surface area contributed by atoms with E-state index in [0.29, 0.717) is 6.04 Å². The van der Waals surface area contributed by atoms with Gasteiger partial charge in [0.1, 0.15) is 5.82 Å². The first-order valence-corrected chi connectivity index (χ1v) is 8.56. The fourth-order valence-corrected chi connectivity index (χ4v) is 3.45. The molecule has 2 aliphatic rings. The van der Waals surface area contributed by atoms with Gasteiger partial charge in [0.05, 0.1) is 18.6 Å². The van der Waals surface area contributed by atoms with Gasteiger partial charge in [0.15, 0.2) is 5.82 Å². The van der Waals surface area contributed by atoms with Gasteiger partial charge in [-0.3, -0.25) is 0 Å². The molecule has 0 atom stereocenters. The summed E-state index contributed by atoms with van der Waals surface area (Å²) in [7, 11) is 0. The van der Waals surface area contributed by atoms with Crippen LogP contribution in [-0.2, 0) is 13.0 Å². The first-order valence-electron chi connectivity index (χ1n) is 8.56. The van der Waals surface area contributed by atoms with Crippen molar-refractivity contribution in [3.8, 4) is 11.4 Å². The number of anilines is 1. The maximum absolute atomic E-state index is 4.77. The zero-order valence-corrected chi connectivity index (χ0v) is 13.5. The number of benzene rings is 1. The minimum absolute atomic E-state index is 0.705. The van der Waals surface area contributed by atoms with Crippen LogP contribution in [-0.4, -0.2) is 26.1 Å². The molecule has 0 spiro atoms. The van der Waals surface area contributed by atoms with Crippen LogP contribution in [0.1, 0.15) is 30.3 Å². The summed E-state index contributed by atoms with van der Waals surface area (Å²) in [5.74, 6) is 1.76. The van der Waals surface area contributed by atoms with E-state index >= 15 is 0 Å². The lowest BCUT2D eigenvalue weighted by Gasteiger charge is -2.28. The van der Waals surface area contributed by atoms with Gasteiger partial charge in [0.25, 0.3) is 0 Å². The lowest BCUT2D eigenvalue weighted by atomic mass is 10.1. The summed E-state index contributed by atoms with van der Waals surface area (Å²) < 4.78 is 2.39. The van der Waals surface area contributed by atoms with Crippen molar-refractivity contribution in [1.29, 1.82) is 0 Å². The van der Waals surface area contributed by atoms with Crippen LogP contribution in [0.25, 0.3) is 11.4 Å². The predicted molar refractivity (Wildman–Crippen MR) is 92.7 cm³/mol.